The first-order valence-corrected chi connectivity index (χ1v) is 10.7. The van der Waals surface area contributed by atoms with Gasteiger partial charge in [0.15, 0.2) is 0 Å². The monoisotopic (exact) mass is 400 g/mol. The summed E-state index contributed by atoms with van der Waals surface area (Å²) in [5.74, 6) is -3.39. The molecule has 156 valence electrons. The van der Waals surface area contributed by atoms with Crippen LogP contribution in [0.4, 0.5) is 0 Å². The highest BCUT2D eigenvalue weighted by atomic mass is 35.5. The fourth-order valence-electron chi connectivity index (χ4n) is 3.69. The summed E-state index contributed by atoms with van der Waals surface area (Å²) in [5.41, 5.74) is 0.327. The highest BCUT2D eigenvalue weighted by Crippen LogP contribution is 2.39. The highest BCUT2D eigenvalue weighted by molar-refractivity contribution is 6.21. The average Bonchev–Trinajstić information content (AvgIpc) is 2.93. The van der Waals surface area contributed by atoms with Crippen LogP contribution in [0.1, 0.15) is 78.6 Å². The van der Waals surface area contributed by atoms with E-state index in [2.05, 4.69) is 32.9 Å². The molecule has 0 aliphatic heterocycles. The molecule has 1 rings (SSSR count). The van der Waals surface area contributed by atoms with Crippen LogP contribution in [0, 0.1) is 17.3 Å². The van der Waals surface area contributed by atoms with Gasteiger partial charge in [0, 0.05) is 11.8 Å². The van der Waals surface area contributed by atoms with E-state index in [1.54, 1.807) is 0 Å². The summed E-state index contributed by atoms with van der Waals surface area (Å²) in [5, 5.41) is 27.4. The standard InChI is InChI=1S/C22H37ClO4/c1-4-5-14-21(2,3)15-9-11-18-17(12-13-19(18)23)10-7-6-8-16-22(26,27)20(24)25/h6-7,9,11,17-19,26-27H,4-5,8,10,12-16H2,1-3H3,(H,24,25)/b7-6-,11-9+/t17-,18+,19+/m0/s1. The normalized spacial score (nSPS) is 24.3. The summed E-state index contributed by atoms with van der Waals surface area (Å²) in [6.07, 6.45) is 16.4. The molecule has 3 atom stereocenters. The van der Waals surface area contributed by atoms with Crippen molar-refractivity contribution in [1.82, 2.24) is 0 Å². The van der Waals surface area contributed by atoms with Crippen molar-refractivity contribution in [3.05, 3.63) is 24.3 Å². The topological polar surface area (TPSA) is 77.8 Å². The van der Waals surface area contributed by atoms with Gasteiger partial charge < -0.3 is 15.3 Å². The number of hydrogen-bond donors (Lipinski definition) is 3. The summed E-state index contributed by atoms with van der Waals surface area (Å²) in [6, 6.07) is 0. The molecular formula is C22H37ClO4. The lowest BCUT2D eigenvalue weighted by molar-refractivity contribution is -0.205. The van der Waals surface area contributed by atoms with Gasteiger partial charge in [-0.05, 0) is 55.8 Å². The van der Waals surface area contributed by atoms with Gasteiger partial charge in [-0.15, -0.1) is 11.6 Å². The Bertz CT molecular complexity index is 510. The van der Waals surface area contributed by atoms with Crippen LogP contribution in [0.15, 0.2) is 24.3 Å². The molecule has 0 aromatic carbocycles. The van der Waals surface area contributed by atoms with Crippen LogP contribution in [0.3, 0.4) is 0 Å². The third kappa shape index (κ3) is 8.80. The summed E-state index contributed by atoms with van der Waals surface area (Å²) in [6.45, 7) is 6.86. The van der Waals surface area contributed by atoms with E-state index in [1.165, 1.54) is 19.3 Å². The number of aliphatic carboxylic acids is 1. The van der Waals surface area contributed by atoms with E-state index in [0.717, 1.165) is 25.7 Å². The van der Waals surface area contributed by atoms with Crippen LogP contribution >= 0.6 is 11.6 Å². The predicted octanol–water partition coefficient (Wildman–Crippen LogP) is 5.27. The van der Waals surface area contributed by atoms with Crippen LogP contribution < -0.4 is 0 Å². The number of aliphatic hydroxyl groups is 2. The molecular weight excluding hydrogens is 364 g/mol. The summed E-state index contributed by atoms with van der Waals surface area (Å²) in [7, 11) is 0. The Morgan fingerprint density at radius 3 is 2.48 bits per heavy atom. The van der Waals surface area contributed by atoms with Gasteiger partial charge in [-0.1, -0.05) is 57.9 Å². The van der Waals surface area contributed by atoms with Crippen molar-refractivity contribution in [3.8, 4) is 0 Å². The number of carboxylic acid groups (broad SMARTS) is 1. The van der Waals surface area contributed by atoms with E-state index in [1.807, 2.05) is 12.2 Å². The number of allylic oxidation sites excluding steroid dienone is 4. The quantitative estimate of drug-likeness (QED) is 0.237. The molecule has 3 N–H and O–H groups in total. The van der Waals surface area contributed by atoms with Gasteiger partial charge >= 0.3 is 5.97 Å². The zero-order valence-corrected chi connectivity index (χ0v) is 17.8. The van der Waals surface area contributed by atoms with Gasteiger partial charge in [-0.2, -0.15) is 0 Å². The third-order valence-electron chi connectivity index (χ3n) is 5.62. The van der Waals surface area contributed by atoms with E-state index in [-0.39, 0.29) is 11.8 Å². The minimum Gasteiger partial charge on any atom is -0.477 e. The molecule has 0 radical (unpaired) electrons. The molecule has 0 unspecified atom stereocenters. The molecule has 0 aromatic rings. The number of carbonyl (C=O) groups is 1. The fourth-order valence-corrected chi connectivity index (χ4v) is 4.10. The highest BCUT2D eigenvalue weighted by Gasteiger charge is 2.33. The van der Waals surface area contributed by atoms with E-state index < -0.39 is 11.8 Å². The minimum atomic E-state index is -2.64. The second kappa shape index (κ2) is 11.2. The molecule has 0 aromatic heterocycles. The molecule has 0 spiro atoms. The van der Waals surface area contributed by atoms with Crippen molar-refractivity contribution in [3.63, 3.8) is 0 Å². The van der Waals surface area contributed by atoms with E-state index >= 15 is 0 Å². The zero-order valence-electron chi connectivity index (χ0n) is 17.0. The first-order valence-electron chi connectivity index (χ1n) is 10.2. The molecule has 0 saturated heterocycles. The molecule has 5 heteroatoms. The fraction of sp³-hybridized carbons (Fsp3) is 0.773. The Kier molecular flexibility index (Phi) is 10.1. The lowest BCUT2D eigenvalue weighted by Gasteiger charge is -2.23. The maximum Gasteiger partial charge on any atom is 0.364 e. The first kappa shape index (κ1) is 24.2. The summed E-state index contributed by atoms with van der Waals surface area (Å²) in [4.78, 5) is 10.7. The molecule has 0 amide bonds. The lowest BCUT2D eigenvalue weighted by atomic mass is 9.83. The summed E-state index contributed by atoms with van der Waals surface area (Å²) >= 11 is 6.53. The minimum absolute atomic E-state index is 0.174. The lowest BCUT2D eigenvalue weighted by Crippen LogP contribution is -2.37. The number of unbranched alkanes of at least 4 members (excludes halogenated alkanes) is 1. The Hall–Kier alpha value is -0.840. The van der Waals surface area contributed by atoms with Gasteiger partial charge in [0.05, 0.1) is 0 Å². The van der Waals surface area contributed by atoms with Crippen molar-refractivity contribution < 1.29 is 20.1 Å². The number of hydrogen-bond acceptors (Lipinski definition) is 3. The van der Waals surface area contributed by atoms with Gasteiger partial charge in [-0.3, -0.25) is 0 Å². The Morgan fingerprint density at radius 1 is 1.15 bits per heavy atom. The van der Waals surface area contributed by atoms with E-state index in [4.69, 9.17) is 16.7 Å². The van der Waals surface area contributed by atoms with Crippen LogP contribution in [0.25, 0.3) is 0 Å². The maximum atomic E-state index is 10.7. The molecule has 1 fully saturated rings. The molecule has 0 bridgehead atoms. The van der Waals surface area contributed by atoms with E-state index in [9.17, 15) is 15.0 Å². The van der Waals surface area contributed by atoms with Crippen LogP contribution in [0.5, 0.6) is 0 Å². The molecule has 4 nitrogen and oxygen atoms in total. The van der Waals surface area contributed by atoms with Crippen molar-refractivity contribution in [1.29, 1.82) is 0 Å². The Labute approximate surface area is 169 Å². The molecule has 1 saturated carbocycles. The van der Waals surface area contributed by atoms with Gasteiger partial charge in [0.25, 0.3) is 5.79 Å². The predicted molar refractivity (Wildman–Crippen MR) is 111 cm³/mol. The molecule has 0 heterocycles. The molecule has 1 aliphatic rings. The Morgan fingerprint density at radius 2 is 1.85 bits per heavy atom. The van der Waals surface area contributed by atoms with Gasteiger partial charge in [-0.25, -0.2) is 4.79 Å². The second-order valence-electron chi connectivity index (χ2n) is 8.70. The first-order chi connectivity index (χ1) is 12.6. The van der Waals surface area contributed by atoms with Gasteiger partial charge in [0.1, 0.15) is 0 Å². The van der Waals surface area contributed by atoms with Crippen molar-refractivity contribution in [2.45, 2.75) is 89.7 Å². The largest absolute Gasteiger partial charge is 0.477 e. The third-order valence-corrected chi connectivity index (χ3v) is 6.13. The van der Waals surface area contributed by atoms with E-state index in [0.29, 0.717) is 23.7 Å². The second-order valence-corrected chi connectivity index (χ2v) is 9.26. The smallest absolute Gasteiger partial charge is 0.364 e. The molecule has 1 aliphatic carbocycles. The van der Waals surface area contributed by atoms with Crippen LogP contribution in [-0.2, 0) is 4.79 Å². The molecule has 27 heavy (non-hydrogen) atoms. The Balaban J connectivity index is 2.47. The number of carboxylic acids is 1. The van der Waals surface area contributed by atoms with Crippen molar-refractivity contribution in [2.75, 3.05) is 0 Å². The number of alkyl halides is 1. The average molecular weight is 401 g/mol. The zero-order chi connectivity index (χ0) is 20.5. The summed E-state index contributed by atoms with van der Waals surface area (Å²) < 4.78 is 0. The number of halogens is 1. The van der Waals surface area contributed by atoms with Crippen LogP contribution in [0.2, 0.25) is 0 Å². The SMILES string of the molecule is CCCCC(C)(C)C/C=C/[C@@H]1[C@@H](C/C=C\CCC(O)(O)C(=O)O)CC[C@H]1Cl. The maximum absolute atomic E-state index is 10.7. The van der Waals surface area contributed by atoms with Crippen molar-refractivity contribution in [2.24, 2.45) is 17.3 Å². The number of rotatable bonds is 12. The van der Waals surface area contributed by atoms with Crippen molar-refractivity contribution >= 4 is 17.6 Å². The van der Waals surface area contributed by atoms with Gasteiger partial charge in [0.2, 0.25) is 0 Å². The van der Waals surface area contributed by atoms with Crippen LogP contribution in [-0.4, -0.2) is 32.5 Å².